The molecule has 0 fully saturated rings. The lowest BCUT2D eigenvalue weighted by Gasteiger charge is -2.17. The van der Waals surface area contributed by atoms with Crippen molar-refractivity contribution in [3.63, 3.8) is 0 Å². The first-order valence-electron chi connectivity index (χ1n) is 6.27. The molecule has 0 aromatic heterocycles. The Hall–Kier alpha value is -1.12. The number of halogens is 1. The minimum atomic E-state index is 0.232. The summed E-state index contributed by atoms with van der Waals surface area (Å²) in [4.78, 5) is 1.28. The van der Waals surface area contributed by atoms with Crippen LogP contribution < -0.4 is 5.32 Å². The molecule has 0 amide bonds. The smallest absolute Gasteiger partial charge is 0.0637 e. The lowest BCUT2D eigenvalue weighted by Crippen LogP contribution is -2.07. The van der Waals surface area contributed by atoms with Gasteiger partial charge in [0.05, 0.1) is 10.7 Å². The summed E-state index contributed by atoms with van der Waals surface area (Å²) in [7, 11) is 0. The molecule has 0 aliphatic rings. The molecule has 0 bridgehead atoms. The van der Waals surface area contributed by atoms with Gasteiger partial charge >= 0.3 is 0 Å². The number of thioether (sulfide) groups is 1. The van der Waals surface area contributed by atoms with E-state index in [-0.39, 0.29) is 6.04 Å². The summed E-state index contributed by atoms with van der Waals surface area (Å²) < 4.78 is 0. The predicted molar refractivity (Wildman–Crippen MR) is 86.4 cm³/mol. The monoisotopic (exact) mass is 291 g/mol. The molecule has 2 rings (SSSR count). The van der Waals surface area contributed by atoms with E-state index >= 15 is 0 Å². The highest BCUT2D eigenvalue weighted by atomic mass is 35.5. The Morgan fingerprint density at radius 1 is 1.11 bits per heavy atom. The molecule has 0 aliphatic carbocycles. The Morgan fingerprint density at radius 3 is 2.42 bits per heavy atom. The van der Waals surface area contributed by atoms with Crippen molar-refractivity contribution in [2.24, 2.45) is 0 Å². The molecule has 0 heterocycles. The number of benzene rings is 2. The number of rotatable bonds is 4. The Labute approximate surface area is 124 Å². The van der Waals surface area contributed by atoms with Crippen LogP contribution >= 0.6 is 23.4 Å². The highest BCUT2D eigenvalue weighted by molar-refractivity contribution is 7.98. The maximum Gasteiger partial charge on any atom is 0.0637 e. The molecule has 1 atom stereocenters. The molecule has 0 saturated heterocycles. The Balaban J connectivity index is 2.15. The zero-order valence-electron chi connectivity index (χ0n) is 11.4. The zero-order valence-corrected chi connectivity index (χ0v) is 13.0. The van der Waals surface area contributed by atoms with Crippen LogP contribution in [-0.2, 0) is 0 Å². The fourth-order valence-electron chi connectivity index (χ4n) is 1.96. The fourth-order valence-corrected chi connectivity index (χ4v) is 2.54. The second-order valence-corrected chi connectivity index (χ2v) is 5.91. The van der Waals surface area contributed by atoms with Crippen molar-refractivity contribution in [3.05, 3.63) is 58.6 Å². The minimum absolute atomic E-state index is 0.232. The van der Waals surface area contributed by atoms with E-state index in [2.05, 4.69) is 55.8 Å². The van der Waals surface area contributed by atoms with Gasteiger partial charge in [0.1, 0.15) is 0 Å². The highest BCUT2D eigenvalue weighted by Crippen LogP contribution is 2.27. The van der Waals surface area contributed by atoms with Crippen LogP contribution in [0.4, 0.5) is 5.69 Å². The van der Waals surface area contributed by atoms with Gasteiger partial charge < -0.3 is 5.32 Å². The maximum absolute atomic E-state index is 6.21. The summed E-state index contributed by atoms with van der Waals surface area (Å²) in [6.07, 6.45) is 2.09. The minimum Gasteiger partial charge on any atom is -0.377 e. The van der Waals surface area contributed by atoms with Crippen LogP contribution in [0.2, 0.25) is 5.02 Å². The Morgan fingerprint density at radius 2 is 1.79 bits per heavy atom. The quantitative estimate of drug-likeness (QED) is 0.742. The molecule has 0 radical (unpaired) electrons. The van der Waals surface area contributed by atoms with Gasteiger partial charge in [-0.2, -0.15) is 0 Å². The van der Waals surface area contributed by atoms with Crippen LogP contribution in [0.1, 0.15) is 24.1 Å². The predicted octanol–water partition coefficient (Wildman–Crippen LogP) is 5.54. The van der Waals surface area contributed by atoms with E-state index in [0.717, 1.165) is 10.7 Å². The molecule has 1 N–H and O–H groups in total. The Kier molecular flexibility index (Phi) is 4.78. The summed E-state index contributed by atoms with van der Waals surface area (Å²) in [5.41, 5.74) is 3.45. The molecule has 3 heteroatoms. The number of aryl methyl sites for hydroxylation is 1. The molecule has 0 aliphatic heterocycles. The molecule has 100 valence electrons. The standard InChI is InChI=1S/C16H18ClNS/c1-11-4-9-15(17)16(10-11)18-12(2)13-5-7-14(19-3)8-6-13/h4-10,12,18H,1-3H3. The first-order chi connectivity index (χ1) is 9.10. The molecular weight excluding hydrogens is 274 g/mol. The average Bonchev–Trinajstić information content (AvgIpc) is 2.43. The summed E-state index contributed by atoms with van der Waals surface area (Å²) in [5, 5.41) is 4.23. The van der Waals surface area contributed by atoms with E-state index in [1.54, 1.807) is 11.8 Å². The summed E-state index contributed by atoms with van der Waals surface area (Å²) >= 11 is 7.97. The number of anilines is 1. The molecule has 2 aromatic carbocycles. The van der Waals surface area contributed by atoms with Crippen molar-refractivity contribution in [1.29, 1.82) is 0 Å². The van der Waals surface area contributed by atoms with Gasteiger partial charge in [-0.1, -0.05) is 29.8 Å². The molecule has 0 saturated carbocycles. The fraction of sp³-hybridized carbons (Fsp3) is 0.250. The third kappa shape index (κ3) is 3.68. The van der Waals surface area contributed by atoms with Gasteiger partial charge in [0, 0.05) is 10.9 Å². The third-order valence-electron chi connectivity index (χ3n) is 3.11. The normalized spacial score (nSPS) is 12.2. The van der Waals surface area contributed by atoms with Crippen LogP contribution in [0.15, 0.2) is 47.4 Å². The molecular formula is C16H18ClNS. The van der Waals surface area contributed by atoms with Gasteiger partial charge in [-0.3, -0.25) is 0 Å². The van der Waals surface area contributed by atoms with Crippen LogP contribution in [0.25, 0.3) is 0 Å². The second-order valence-electron chi connectivity index (χ2n) is 4.62. The van der Waals surface area contributed by atoms with Gasteiger partial charge in [0.2, 0.25) is 0 Å². The van der Waals surface area contributed by atoms with Crippen molar-refractivity contribution in [1.82, 2.24) is 0 Å². The number of hydrogen-bond acceptors (Lipinski definition) is 2. The topological polar surface area (TPSA) is 12.0 Å². The van der Waals surface area contributed by atoms with Crippen LogP contribution in [-0.4, -0.2) is 6.26 Å². The van der Waals surface area contributed by atoms with Crippen molar-refractivity contribution in [2.75, 3.05) is 11.6 Å². The van der Waals surface area contributed by atoms with E-state index in [0.29, 0.717) is 0 Å². The van der Waals surface area contributed by atoms with Gasteiger partial charge in [0.25, 0.3) is 0 Å². The molecule has 0 spiro atoms. The van der Waals surface area contributed by atoms with Crippen molar-refractivity contribution < 1.29 is 0 Å². The lowest BCUT2D eigenvalue weighted by molar-refractivity contribution is 0.882. The van der Waals surface area contributed by atoms with E-state index in [1.165, 1.54) is 16.0 Å². The van der Waals surface area contributed by atoms with Gasteiger partial charge in [0.15, 0.2) is 0 Å². The van der Waals surface area contributed by atoms with E-state index in [9.17, 15) is 0 Å². The van der Waals surface area contributed by atoms with E-state index < -0.39 is 0 Å². The largest absolute Gasteiger partial charge is 0.377 e. The first kappa shape index (κ1) is 14.3. The summed E-state index contributed by atoms with van der Waals surface area (Å²) in [6.45, 7) is 4.21. The van der Waals surface area contributed by atoms with Crippen LogP contribution in [0.5, 0.6) is 0 Å². The zero-order chi connectivity index (χ0) is 13.8. The molecule has 19 heavy (non-hydrogen) atoms. The van der Waals surface area contributed by atoms with Crippen molar-refractivity contribution >= 4 is 29.1 Å². The second kappa shape index (κ2) is 6.36. The van der Waals surface area contributed by atoms with E-state index in [1.807, 2.05) is 12.1 Å². The van der Waals surface area contributed by atoms with Gasteiger partial charge in [-0.25, -0.2) is 0 Å². The Bertz CT molecular complexity index is 551. The van der Waals surface area contributed by atoms with Crippen molar-refractivity contribution in [3.8, 4) is 0 Å². The van der Waals surface area contributed by atoms with Crippen LogP contribution in [0, 0.1) is 6.92 Å². The van der Waals surface area contributed by atoms with Gasteiger partial charge in [-0.05, 0) is 55.5 Å². The average molecular weight is 292 g/mol. The van der Waals surface area contributed by atoms with Crippen LogP contribution in [0.3, 0.4) is 0 Å². The highest BCUT2D eigenvalue weighted by Gasteiger charge is 2.07. The molecule has 1 unspecified atom stereocenters. The molecule has 1 nitrogen and oxygen atoms in total. The van der Waals surface area contributed by atoms with E-state index in [4.69, 9.17) is 11.6 Å². The SMILES string of the molecule is CSc1ccc(C(C)Nc2cc(C)ccc2Cl)cc1. The number of nitrogens with one attached hydrogen (secondary N) is 1. The van der Waals surface area contributed by atoms with Gasteiger partial charge in [-0.15, -0.1) is 11.8 Å². The summed E-state index contributed by atoms with van der Waals surface area (Å²) in [6, 6.07) is 14.9. The maximum atomic E-state index is 6.21. The summed E-state index contributed by atoms with van der Waals surface area (Å²) in [5.74, 6) is 0. The molecule has 2 aromatic rings. The first-order valence-corrected chi connectivity index (χ1v) is 7.87. The lowest BCUT2D eigenvalue weighted by atomic mass is 10.1. The van der Waals surface area contributed by atoms with Crippen molar-refractivity contribution in [2.45, 2.75) is 24.8 Å². The number of hydrogen-bond donors (Lipinski definition) is 1. The third-order valence-corrected chi connectivity index (χ3v) is 4.18.